The number of ether oxygens (including phenoxy) is 1. The van der Waals surface area contributed by atoms with Crippen molar-refractivity contribution in [2.75, 3.05) is 38.1 Å². The lowest BCUT2D eigenvalue weighted by molar-refractivity contribution is 0.223. The van der Waals surface area contributed by atoms with Crippen molar-refractivity contribution in [3.8, 4) is 5.75 Å². The van der Waals surface area contributed by atoms with Crippen LogP contribution in [0.1, 0.15) is 25.8 Å². The minimum absolute atomic E-state index is 0. The molecule has 0 bridgehead atoms. The van der Waals surface area contributed by atoms with E-state index in [1.165, 1.54) is 0 Å². The first-order valence-corrected chi connectivity index (χ1v) is 8.50. The molecule has 0 aliphatic carbocycles. The van der Waals surface area contributed by atoms with Crippen LogP contribution in [0.3, 0.4) is 0 Å². The minimum Gasteiger partial charge on any atom is -0.492 e. The first-order valence-electron chi connectivity index (χ1n) is 8.50. The topological polar surface area (TPSA) is 57.4 Å². The molecule has 1 aliphatic rings. The van der Waals surface area contributed by atoms with Gasteiger partial charge in [0.15, 0.2) is 0 Å². The molecule has 1 aliphatic heterocycles. The van der Waals surface area contributed by atoms with E-state index in [1.807, 2.05) is 18.2 Å². The number of nitrogens with one attached hydrogen (secondary N) is 2. The van der Waals surface area contributed by atoms with Crippen LogP contribution >= 0.6 is 24.8 Å². The number of H-pyrrole nitrogens is 1. The Morgan fingerprint density at radius 3 is 2.68 bits per heavy atom. The van der Waals surface area contributed by atoms with E-state index < -0.39 is 0 Å². The van der Waals surface area contributed by atoms with E-state index in [4.69, 9.17) is 4.74 Å². The lowest BCUT2D eigenvalue weighted by Gasteiger charge is -2.20. The van der Waals surface area contributed by atoms with Crippen LogP contribution in [-0.4, -0.2) is 42.7 Å². The number of fused-ring (bicyclic) bond motifs is 3. The number of aromatic amines is 1. The Kier molecular flexibility index (Phi) is 8.56. The predicted octanol–water partition coefficient (Wildman–Crippen LogP) is 3.45. The molecular formula is C18H27Cl2N3O2. The van der Waals surface area contributed by atoms with Crippen molar-refractivity contribution in [1.29, 1.82) is 0 Å². The van der Waals surface area contributed by atoms with E-state index in [2.05, 4.69) is 29.0 Å². The molecule has 0 unspecified atom stereocenters. The summed E-state index contributed by atoms with van der Waals surface area (Å²) in [6.07, 6.45) is 1.84. The monoisotopic (exact) mass is 387 g/mol. The highest BCUT2D eigenvalue weighted by Crippen LogP contribution is 2.30. The van der Waals surface area contributed by atoms with Gasteiger partial charge in [-0.1, -0.05) is 13.8 Å². The Bertz CT molecular complexity index is 745. The van der Waals surface area contributed by atoms with Crippen molar-refractivity contribution < 1.29 is 4.74 Å². The van der Waals surface area contributed by atoms with Crippen molar-refractivity contribution in [3.05, 3.63) is 34.1 Å². The highest BCUT2D eigenvalue weighted by Gasteiger charge is 2.16. The maximum Gasteiger partial charge on any atom is 0.253 e. The van der Waals surface area contributed by atoms with Gasteiger partial charge in [0.2, 0.25) is 0 Å². The van der Waals surface area contributed by atoms with Crippen molar-refractivity contribution in [1.82, 2.24) is 9.88 Å². The van der Waals surface area contributed by atoms with E-state index in [0.717, 1.165) is 66.9 Å². The molecule has 1 aromatic heterocycles. The van der Waals surface area contributed by atoms with Crippen LogP contribution < -0.4 is 15.6 Å². The Hall–Kier alpha value is -1.43. The SMILES string of the molecule is CCN(CC)CCOc1ccc2[nH]c(=O)c3c(c2c1)NCCC3.Cl.Cl. The summed E-state index contributed by atoms with van der Waals surface area (Å²) in [6, 6.07) is 5.89. The number of rotatable bonds is 6. The molecule has 2 heterocycles. The number of halogens is 2. The summed E-state index contributed by atoms with van der Waals surface area (Å²) in [7, 11) is 0. The summed E-state index contributed by atoms with van der Waals surface area (Å²) < 4.78 is 5.91. The van der Waals surface area contributed by atoms with Crippen molar-refractivity contribution in [2.45, 2.75) is 26.7 Å². The summed E-state index contributed by atoms with van der Waals surface area (Å²) >= 11 is 0. The van der Waals surface area contributed by atoms with Crippen molar-refractivity contribution >= 4 is 41.4 Å². The number of likely N-dealkylation sites (N-methyl/N-ethyl adjacent to an activating group) is 1. The zero-order chi connectivity index (χ0) is 16.2. The molecule has 2 N–H and O–H groups in total. The van der Waals surface area contributed by atoms with Crippen LogP contribution in [0, 0.1) is 0 Å². The number of hydrogen-bond donors (Lipinski definition) is 2. The van der Waals surface area contributed by atoms with E-state index in [-0.39, 0.29) is 30.4 Å². The first kappa shape index (κ1) is 21.6. The molecule has 140 valence electrons. The first-order chi connectivity index (χ1) is 11.2. The van der Waals surface area contributed by atoms with Gasteiger partial charge < -0.3 is 19.9 Å². The summed E-state index contributed by atoms with van der Waals surface area (Å²) in [5.74, 6) is 0.853. The largest absolute Gasteiger partial charge is 0.492 e. The fraction of sp³-hybridized carbons (Fsp3) is 0.500. The van der Waals surface area contributed by atoms with Crippen LogP contribution in [-0.2, 0) is 6.42 Å². The fourth-order valence-corrected chi connectivity index (χ4v) is 3.15. The highest BCUT2D eigenvalue weighted by atomic mass is 35.5. The predicted molar refractivity (Wildman–Crippen MR) is 109 cm³/mol. The van der Waals surface area contributed by atoms with Gasteiger partial charge in [0.25, 0.3) is 5.56 Å². The lowest BCUT2D eigenvalue weighted by Crippen LogP contribution is -2.27. The molecule has 0 saturated carbocycles. The molecule has 3 rings (SSSR count). The van der Waals surface area contributed by atoms with Gasteiger partial charge in [-0.05, 0) is 44.1 Å². The van der Waals surface area contributed by atoms with Crippen LogP contribution in [0.5, 0.6) is 5.75 Å². The molecule has 0 saturated heterocycles. The van der Waals surface area contributed by atoms with Crippen LogP contribution in [0.25, 0.3) is 10.9 Å². The smallest absolute Gasteiger partial charge is 0.253 e. The number of nitrogens with zero attached hydrogens (tertiary/aromatic N) is 1. The molecule has 0 spiro atoms. The third-order valence-corrected chi connectivity index (χ3v) is 4.56. The van der Waals surface area contributed by atoms with Gasteiger partial charge in [0.05, 0.1) is 11.2 Å². The van der Waals surface area contributed by atoms with Gasteiger partial charge in [-0.25, -0.2) is 0 Å². The number of aromatic nitrogens is 1. The molecule has 5 nitrogen and oxygen atoms in total. The zero-order valence-electron chi connectivity index (χ0n) is 14.8. The number of benzene rings is 1. The number of anilines is 1. The van der Waals surface area contributed by atoms with E-state index in [0.29, 0.717) is 6.61 Å². The third-order valence-electron chi connectivity index (χ3n) is 4.56. The fourth-order valence-electron chi connectivity index (χ4n) is 3.15. The van der Waals surface area contributed by atoms with E-state index >= 15 is 0 Å². The van der Waals surface area contributed by atoms with Crippen LogP contribution in [0.4, 0.5) is 5.69 Å². The molecule has 0 radical (unpaired) electrons. The van der Waals surface area contributed by atoms with Gasteiger partial charge in [-0.3, -0.25) is 4.79 Å². The quantitative estimate of drug-likeness (QED) is 0.796. The molecule has 7 heteroatoms. The summed E-state index contributed by atoms with van der Waals surface area (Å²) in [5.41, 5.74) is 2.72. The lowest BCUT2D eigenvalue weighted by atomic mass is 10.0. The normalized spacial score (nSPS) is 12.8. The average Bonchev–Trinajstić information content (AvgIpc) is 2.59. The highest BCUT2D eigenvalue weighted by molar-refractivity contribution is 5.94. The Morgan fingerprint density at radius 2 is 1.96 bits per heavy atom. The Morgan fingerprint density at radius 1 is 1.20 bits per heavy atom. The Balaban J connectivity index is 0.00000156. The Labute approximate surface area is 161 Å². The molecule has 0 amide bonds. The maximum atomic E-state index is 12.1. The standard InChI is InChI=1S/C18H25N3O2.2ClH/c1-3-21(4-2)10-11-23-13-7-8-16-15(12-13)17-14(18(22)20-16)6-5-9-19-17;;/h7-8,12,19H,3-6,9-11H2,1-2H3,(H,20,22);2*1H. The van der Waals surface area contributed by atoms with E-state index in [1.54, 1.807) is 0 Å². The molecule has 25 heavy (non-hydrogen) atoms. The molecule has 0 fully saturated rings. The molecule has 1 aromatic carbocycles. The van der Waals surface area contributed by atoms with Crippen LogP contribution in [0.15, 0.2) is 23.0 Å². The van der Waals surface area contributed by atoms with Gasteiger partial charge in [0, 0.05) is 24.0 Å². The van der Waals surface area contributed by atoms with Crippen molar-refractivity contribution in [2.24, 2.45) is 0 Å². The van der Waals surface area contributed by atoms with Gasteiger partial charge in [-0.15, -0.1) is 24.8 Å². The number of pyridine rings is 1. The van der Waals surface area contributed by atoms with Gasteiger partial charge in [-0.2, -0.15) is 0 Å². The average molecular weight is 388 g/mol. The molecular weight excluding hydrogens is 361 g/mol. The van der Waals surface area contributed by atoms with Gasteiger partial charge in [0.1, 0.15) is 12.4 Å². The summed E-state index contributed by atoms with van der Waals surface area (Å²) in [6.45, 7) is 8.91. The van der Waals surface area contributed by atoms with E-state index in [9.17, 15) is 4.79 Å². The molecule has 0 atom stereocenters. The second kappa shape index (κ2) is 9.90. The third kappa shape index (κ3) is 4.81. The maximum absolute atomic E-state index is 12.1. The minimum atomic E-state index is 0. The van der Waals surface area contributed by atoms with Gasteiger partial charge >= 0.3 is 0 Å². The second-order valence-corrected chi connectivity index (χ2v) is 5.92. The number of hydrogen-bond acceptors (Lipinski definition) is 4. The molecule has 2 aromatic rings. The van der Waals surface area contributed by atoms with Crippen LogP contribution in [0.2, 0.25) is 0 Å². The zero-order valence-corrected chi connectivity index (χ0v) is 16.4. The summed E-state index contributed by atoms with van der Waals surface area (Å²) in [5, 5.41) is 4.42. The van der Waals surface area contributed by atoms with Crippen molar-refractivity contribution in [3.63, 3.8) is 0 Å². The second-order valence-electron chi connectivity index (χ2n) is 5.92. The summed E-state index contributed by atoms with van der Waals surface area (Å²) in [4.78, 5) is 17.5.